The van der Waals surface area contributed by atoms with Gasteiger partial charge in [-0.15, -0.1) is 12.6 Å². The summed E-state index contributed by atoms with van der Waals surface area (Å²) in [4.78, 5) is 0. The van der Waals surface area contributed by atoms with Crippen LogP contribution >= 0.6 is 24.8 Å². The Balaban J connectivity index is 0. The van der Waals surface area contributed by atoms with E-state index in [1.54, 1.807) is 0 Å². The minimum absolute atomic E-state index is 0. The Hall–Kier alpha value is 1.24. The average molecular weight is 228 g/mol. The second-order valence-electron chi connectivity index (χ2n) is 3.10. The largest absolute Gasteiger partial charge is 1.00 e. The van der Waals surface area contributed by atoms with Crippen LogP contribution in [0.25, 0.3) is 0 Å². The van der Waals surface area contributed by atoms with Gasteiger partial charge in [0.25, 0.3) is 0 Å². The first-order chi connectivity index (χ1) is 5.70. The zero-order valence-electron chi connectivity index (χ0n) is 8.97. The summed E-state index contributed by atoms with van der Waals surface area (Å²) in [5.74, 6) is 0.759. The molecule has 1 atom stereocenters. The summed E-state index contributed by atoms with van der Waals surface area (Å²) in [5.41, 5.74) is 0. The summed E-state index contributed by atoms with van der Waals surface area (Å²) >= 11 is 8.85. The molecule has 1 nitrogen and oxygen atoms in total. The molecule has 0 amide bonds. The number of hydrogen-bond acceptors (Lipinski definition) is 1. The van der Waals surface area contributed by atoms with E-state index in [9.17, 15) is 0 Å². The Morgan fingerprint density at radius 2 is 2.08 bits per heavy atom. The molecule has 4 heteroatoms. The third-order valence-electron chi connectivity index (χ3n) is 2.09. The number of rotatable bonds is 6. The van der Waals surface area contributed by atoms with Crippen molar-refractivity contribution in [2.45, 2.75) is 39.5 Å². The maximum atomic E-state index is 4.83. The van der Waals surface area contributed by atoms with E-state index in [4.69, 9.17) is 12.2 Å². The van der Waals surface area contributed by atoms with Gasteiger partial charge in [-0.3, -0.25) is 0 Å². The topological polar surface area (TPSA) is 12.0 Å². The molecule has 1 unspecified atom stereocenters. The van der Waals surface area contributed by atoms with Gasteiger partial charge < -0.3 is 5.32 Å². The number of unbranched alkanes of at least 4 members (excludes halogenated alkanes) is 1. The molecule has 0 aliphatic carbocycles. The molecule has 0 saturated heterocycles. The van der Waals surface area contributed by atoms with Gasteiger partial charge in [-0.25, -0.2) is 0 Å². The molecule has 0 fully saturated rings. The molecule has 13 heavy (non-hydrogen) atoms. The van der Waals surface area contributed by atoms with Gasteiger partial charge in [-0.1, -0.05) is 45.3 Å². The quantitative estimate of drug-likeness (QED) is 0.377. The normalized spacial score (nSPS) is 11.6. The van der Waals surface area contributed by atoms with Crippen LogP contribution in [0.2, 0.25) is 0 Å². The molecule has 0 aromatic carbocycles. The fourth-order valence-corrected chi connectivity index (χ4v) is 1.35. The van der Waals surface area contributed by atoms with E-state index >= 15 is 0 Å². The molecule has 0 heterocycles. The van der Waals surface area contributed by atoms with E-state index in [0.717, 1.165) is 12.5 Å². The Kier molecular flexibility index (Phi) is 14.5. The SMILES string of the molecule is CCCCC(CC)CNC(=S)S.[Na+]. The van der Waals surface area contributed by atoms with Gasteiger partial charge in [0.1, 0.15) is 4.32 Å². The van der Waals surface area contributed by atoms with Crippen molar-refractivity contribution < 1.29 is 29.6 Å². The fraction of sp³-hybridized carbons (Fsp3) is 0.889. The van der Waals surface area contributed by atoms with Crippen LogP contribution in [0.5, 0.6) is 0 Å². The average Bonchev–Trinajstić information content (AvgIpc) is 2.05. The van der Waals surface area contributed by atoms with Crippen molar-refractivity contribution in [1.29, 1.82) is 0 Å². The van der Waals surface area contributed by atoms with Gasteiger partial charge in [0, 0.05) is 6.54 Å². The van der Waals surface area contributed by atoms with Gasteiger partial charge in [-0.05, 0) is 12.3 Å². The van der Waals surface area contributed by atoms with Crippen molar-refractivity contribution >= 4 is 29.2 Å². The maximum absolute atomic E-state index is 4.83. The Morgan fingerprint density at radius 3 is 2.46 bits per heavy atom. The maximum Gasteiger partial charge on any atom is 1.00 e. The zero-order chi connectivity index (χ0) is 9.40. The number of hydrogen-bond donors (Lipinski definition) is 2. The molecule has 0 saturated carbocycles. The first-order valence-electron chi connectivity index (χ1n) is 4.67. The van der Waals surface area contributed by atoms with Crippen LogP contribution in [0.4, 0.5) is 0 Å². The molecule has 0 aliphatic rings. The molecule has 0 aromatic heterocycles. The summed E-state index contributed by atoms with van der Waals surface area (Å²) in [6.45, 7) is 5.44. The summed E-state index contributed by atoms with van der Waals surface area (Å²) in [6, 6.07) is 0. The molecule has 0 spiro atoms. The number of nitrogens with one attached hydrogen (secondary N) is 1. The first-order valence-corrected chi connectivity index (χ1v) is 5.53. The smallest absolute Gasteiger partial charge is 0.371 e. The molecular formula is C9H19NNaS2+. The summed E-state index contributed by atoms with van der Waals surface area (Å²) in [6.07, 6.45) is 5.13. The first kappa shape index (κ1) is 16.7. The fourth-order valence-electron chi connectivity index (χ4n) is 1.17. The van der Waals surface area contributed by atoms with E-state index in [2.05, 4.69) is 31.8 Å². The van der Waals surface area contributed by atoms with E-state index < -0.39 is 0 Å². The molecule has 0 aromatic rings. The van der Waals surface area contributed by atoms with Crippen molar-refractivity contribution in [1.82, 2.24) is 5.32 Å². The molecule has 72 valence electrons. The number of thiol groups is 1. The van der Waals surface area contributed by atoms with Crippen LogP contribution in [0, 0.1) is 5.92 Å². The van der Waals surface area contributed by atoms with Crippen molar-refractivity contribution in [3.8, 4) is 0 Å². The second kappa shape index (κ2) is 11.3. The summed E-state index contributed by atoms with van der Waals surface area (Å²) < 4.78 is 0.616. The van der Waals surface area contributed by atoms with E-state index in [-0.39, 0.29) is 29.6 Å². The van der Waals surface area contributed by atoms with Crippen LogP contribution in [0.15, 0.2) is 0 Å². The molecule has 0 bridgehead atoms. The van der Waals surface area contributed by atoms with Gasteiger partial charge in [0.15, 0.2) is 0 Å². The Labute approximate surface area is 115 Å². The minimum atomic E-state index is 0. The third-order valence-corrected chi connectivity index (χ3v) is 2.39. The van der Waals surface area contributed by atoms with E-state index in [1.165, 1.54) is 25.7 Å². The van der Waals surface area contributed by atoms with E-state index in [0.29, 0.717) is 4.32 Å². The predicted octanol–water partition coefficient (Wildman–Crippen LogP) is 0.0111. The van der Waals surface area contributed by atoms with Crippen molar-refractivity contribution in [3.63, 3.8) is 0 Å². The Bertz CT molecular complexity index is 131. The van der Waals surface area contributed by atoms with Gasteiger partial charge in [0.2, 0.25) is 0 Å². The zero-order valence-corrected chi connectivity index (χ0v) is 12.7. The van der Waals surface area contributed by atoms with Crippen LogP contribution in [-0.2, 0) is 0 Å². The van der Waals surface area contributed by atoms with Crippen molar-refractivity contribution in [2.75, 3.05) is 6.54 Å². The number of thiocarbonyl (C=S) groups is 1. The van der Waals surface area contributed by atoms with Gasteiger partial charge in [0.05, 0.1) is 0 Å². The van der Waals surface area contributed by atoms with Gasteiger partial charge in [-0.2, -0.15) is 0 Å². The molecular weight excluding hydrogens is 209 g/mol. The summed E-state index contributed by atoms with van der Waals surface area (Å²) in [7, 11) is 0. The Morgan fingerprint density at radius 1 is 1.46 bits per heavy atom. The minimum Gasteiger partial charge on any atom is -0.371 e. The molecule has 0 aliphatic heterocycles. The van der Waals surface area contributed by atoms with Crippen LogP contribution in [-0.4, -0.2) is 10.9 Å². The standard InChI is InChI=1S/C9H19NS2.Na/c1-3-5-6-8(4-2)7-10-9(11)12;/h8H,3-7H2,1-2H3,(H2,10,11,12);/q;+1. The molecule has 0 radical (unpaired) electrons. The van der Waals surface area contributed by atoms with E-state index in [1.807, 2.05) is 0 Å². The van der Waals surface area contributed by atoms with Gasteiger partial charge >= 0.3 is 29.6 Å². The monoisotopic (exact) mass is 228 g/mol. The van der Waals surface area contributed by atoms with Crippen molar-refractivity contribution in [2.24, 2.45) is 5.92 Å². The second-order valence-corrected chi connectivity index (χ2v) is 4.26. The van der Waals surface area contributed by atoms with Crippen LogP contribution in [0.3, 0.4) is 0 Å². The molecule has 1 N–H and O–H groups in total. The predicted molar refractivity (Wildman–Crippen MR) is 62.9 cm³/mol. The summed E-state index contributed by atoms with van der Waals surface area (Å²) in [5, 5.41) is 3.10. The van der Waals surface area contributed by atoms with Crippen LogP contribution in [0.1, 0.15) is 39.5 Å². The van der Waals surface area contributed by atoms with Crippen molar-refractivity contribution in [3.05, 3.63) is 0 Å². The van der Waals surface area contributed by atoms with Crippen LogP contribution < -0.4 is 34.9 Å². The third kappa shape index (κ3) is 11.2. The molecule has 0 rings (SSSR count).